The minimum Gasteiger partial charge on any atom is -0.349 e. The van der Waals surface area contributed by atoms with Crippen molar-refractivity contribution in [2.24, 2.45) is 5.92 Å². The van der Waals surface area contributed by atoms with Gasteiger partial charge in [-0.05, 0) is 40.2 Å². The van der Waals surface area contributed by atoms with Crippen LogP contribution in [0.5, 0.6) is 0 Å². The zero-order chi connectivity index (χ0) is 15.6. The molecule has 2 N–H and O–H groups in total. The van der Waals surface area contributed by atoms with Crippen LogP contribution in [0.25, 0.3) is 0 Å². The van der Waals surface area contributed by atoms with Crippen LogP contribution in [0.15, 0.2) is 12.7 Å². The third-order valence-corrected chi connectivity index (χ3v) is 3.37. The van der Waals surface area contributed by atoms with Crippen molar-refractivity contribution in [3.05, 3.63) is 12.7 Å². The van der Waals surface area contributed by atoms with Gasteiger partial charge in [0.25, 0.3) is 0 Å². The molecule has 0 unspecified atom stereocenters. The Labute approximate surface area is 121 Å². The average molecular weight is 281 g/mol. The molecule has 1 rings (SSSR count). The van der Waals surface area contributed by atoms with Crippen LogP contribution >= 0.6 is 0 Å². The van der Waals surface area contributed by atoms with Gasteiger partial charge in [0.15, 0.2) is 0 Å². The second kappa shape index (κ2) is 5.95. The number of nitrogens with zero attached hydrogens (tertiary/aromatic N) is 1. The van der Waals surface area contributed by atoms with Crippen molar-refractivity contribution < 1.29 is 9.59 Å². The third-order valence-electron chi connectivity index (χ3n) is 3.37. The molecule has 0 spiro atoms. The van der Waals surface area contributed by atoms with E-state index in [1.165, 1.54) is 6.92 Å². The number of likely N-dealkylation sites (tertiary alicyclic amines) is 1. The lowest BCUT2D eigenvalue weighted by molar-refractivity contribution is -0.137. The molecule has 0 aromatic rings. The lowest BCUT2D eigenvalue weighted by atomic mass is 9.81. The molecule has 2 atom stereocenters. The highest BCUT2D eigenvalue weighted by Crippen LogP contribution is 2.26. The van der Waals surface area contributed by atoms with E-state index >= 15 is 0 Å². The number of rotatable bonds is 3. The Morgan fingerprint density at radius 2 is 2.00 bits per heavy atom. The van der Waals surface area contributed by atoms with Crippen LogP contribution in [0, 0.1) is 5.92 Å². The highest BCUT2D eigenvalue weighted by Gasteiger charge is 2.45. The summed E-state index contributed by atoms with van der Waals surface area (Å²) in [6, 6.07) is 0. The Kier molecular flexibility index (Phi) is 4.97. The molecule has 5 heteroatoms. The second-order valence-electron chi connectivity index (χ2n) is 6.86. The van der Waals surface area contributed by atoms with E-state index in [1.54, 1.807) is 0 Å². The first-order valence-electron chi connectivity index (χ1n) is 7.00. The van der Waals surface area contributed by atoms with E-state index < -0.39 is 5.54 Å². The predicted molar refractivity (Wildman–Crippen MR) is 80.2 cm³/mol. The molecule has 0 bridgehead atoms. The maximum absolute atomic E-state index is 12.7. The molecular formula is C15H27N3O2. The van der Waals surface area contributed by atoms with Gasteiger partial charge in [-0.15, -0.1) is 6.58 Å². The standard InChI is InChI=1S/C15H27N3O2/c1-7-12-8-15(16-11(2)19,10-18(6)9-12)13(20)17-14(3,4)5/h7,12H,1,8-10H2,2-6H3,(H,16,19)(H,17,20)/t12-,15+/m0/s1. The smallest absolute Gasteiger partial charge is 0.247 e. The predicted octanol–water partition coefficient (Wildman–Crippen LogP) is 0.914. The number of carbonyl (C=O) groups is 2. The zero-order valence-corrected chi connectivity index (χ0v) is 13.2. The molecular weight excluding hydrogens is 254 g/mol. The molecule has 20 heavy (non-hydrogen) atoms. The number of amides is 2. The number of likely N-dealkylation sites (N-methyl/N-ethyl adjacent to an activating group) is 1. The van der Waals surface area contributed by atoms with Crippen LogP contribution in [0.3, 0.4) is 0 Å². The van der Waals surface area contributed by atoms with Gasteiger partial charge >= 0.3 is 0 Å². The van der Waals surface area contributed by atoms with E-state index in [0.717, 1.165) is 6.54 Å². The molecule has 0 aromatic heterocycles. The Bertz CT molecular complexity index is 400. The Hall–Kier alpha value is -1.36. The Morgan fingerprint density at radius 1 is 1.40 bits per heavy atom. The van der Waals surface area contributed by atoms with Crippen molar-refractivity contribution in [2.45, 2.75) is 45.2 Å². The molecule has 1 saturated heterocycles. The van der Waals surface area contributed by atoms with E-state index in [4.69, 9.17) is 0 Å². The quantitative estimate of drug-likeness (QED) is 0.756. The maximum atomic E-state index is 12.7. The van der Waals surface area contributed by atoms with E-state index in [0.29, 0.717) is 13.0 Å². The van der Waals surface area contributed by atoms with Crippen LogP contribution in [-0.4, -0.2) is 47.9 Å². The van der Waals surface area contributed by atoms with Gasteiger partial charge in [0.05, 0.1) is 0 Å². The highest BCUT2D eigenvalue weighted by molar-refractivity contribution is 5.91. The monoisotopic (exact) mass is 281 g/mol. The first kappa shape index (κ1) is 16.7. The molecule has 0 aliphatic carbocycles. The van der Waals surface area contributed by atoms with Crippen LogP contribution in [0.1, 0.15) is 34.1 Å². The van der Waals surface area contributed by atoms with Gasteiger partial charge < -0.3 is 15.5 Å². The van der Waals surface area contributed by atoms with Crippen LogP contribution in [-0.2, 0) is 9.59 Å². The number of hydrogen-bond donors (Lipinski definition) is 2. The molecule has 0 saturated carbocycles. The van der Waals surface area contributed by atoms with E-state index in [9.17, 15) is 9.59 Å². The van der Waals surface area contributed by atoms with Crippen molar-refractivity contribution in [1.82, 2.24) is 15.5 Å². The topological polar surface area (TPSA) is 61.4 Å². The fraction of sp³-hybridized carbons (Fsp3) is 0.733. The minimum absolute atomic E-state index is 0.126. The molecule has 1 heterocycles. The summed E-state index contributed by atoms with van der Waals surface area (Å²) in [4.78, 5) is 26.3. The summed E-state index contributed by atoms with van der Waals surface area (Å²) in [6.07, 6.45) is 2.44. The molecule has 2 amide bonds. The Balaban J connectivity index is 3.05. The number of carbonyl (C=O) groups excluding carboxylic acids is 2. The van der Waals surface area contributed by atoms with Crippen molar-refractivity contribution in [3.8, 4) is 0 Å². The fourth-order valence-corrected chi connectivity index (χ4v) is 2.77. The van der Waals surface area contributed by atoms with E-state index in [-0.39, 0.29) is 23.3 Å². The van der Waals surface area contributed by atoms with Crippen molar-refractivity contribution in [2.75, 3.05) is 20.1 Å². The van der Waals surface area contributed by atoms with Gasteiger partial charge in [-0.25, -0.2) is 0 Å². The SMILES string of the molecule is C=C[C@@H]1CN(C)C[C@@](NC(C)=O)(C(=O)NC(C)(C)C)C1. The normalized spacial score (nSPS) is 27.8. The zero-order valence-electron chi connectivity index (χ0n) is 13.2. The number of hydrogen-bond acceptors (Lipinski definition) is 3. The van der Waals surface area contributed by atoms with Gasteiger partial charge in [-0.3, -0.25) is 9.59 Å². The summed E-state index contributed by atoms with van der Waals surface area (Å²) in [5, 5.41) is 5.86. The molecule has 5 nitrogen and oxygen atoms in total. The number of piperidine rings is 1. The first-order valence-corrected chi connectivity index (χ1v) is 7.00. The molecule has 0 aromatic carbocycles. The summed E-state index contributed by atoms with van der Waals surface area (Å²) >= 11 is 0. The summed E-state index contributed by atoms with van der Waals surface area (Å²) < 4.78 is 0. The fourth-order valence-electron chi connectivity index (χ4n) is 2.77. The highest BCUT2D eigenvalue weighted by atomic mass is 16.2. The van der Waals surface area contributed by atoms with Gasteiger partial charge in [-0.2, -0.15) is 0 Å². The van der Waals surface area contributed by atoms with Gasteiger partial charge in [0.1, 0.15) is 5.54 Å². The molecule has 1 aliphatic heterocycles. The largest absolute Gasteiger partial charge is 0.349 e. The molecule has 0 radical (unpaired) electrons. The van der Waals surface area contributed by atoms with Crippen LogP contribution < -0.4 is 10.6 Å². The first-order chi connectivity index (χ1) is 9.08. The van der Waals surface area contributed by atoms with Crippen molar-refractivity contribution in [3.63, 3.8) is 0 Å². The summed E-state index contributed by atoms with van der Waals surface area (Å²) in [5.74, 6) is -0.128. The van der Waals surface area contributed by atoms with Gasteiger partial charge in [0.2, 0.25) is 11.8 Å². The van der Waals surface area contributed by atoms with Gasteiger partial charge in [-0.1, -0.05) is 6.08 Å². The molecule has 1 fully saturated rings. The lowest BCUT2D eigenvalue weighted by Crippen LogP contribution is -2.68. The maximum Gasteiger partial charge on any atom is 0.247 e. The average Bonchev–Trinajstić information content (AvgIpc) is 2.24. The molecule has 1 aliphatic rings. The van der Waals surface area contributed by atoms with E-state index in [2.05, 4.69) is 22.1 Å². The minimum atomic E-state index is -0.884. The molecule has 114 valence electrons. The van der Waals surface area contributed by atoms with E-state index in [1.807, 2.05) is 33.9 Å². The lowest BCUT2D eigenvalue weighted by Gasteiger charge is -2.44. The van der Waals surface area contributed by atoms with Gasteiger partial charge in [0, 0.05) is 25.6 Å². The third kappa shape index (κ3) is 4.34. The van der Waals surface area contributed by atoms with Crippen molar-refractivity contribution in [1.29, 1.82) is 0 Å². The van der Waals surface area contributed by atoms with Crippen molar-refractivity contribution >= 4 is 11.8 Å². The summed E-state index contributed by atoms with van der Waals surface area (Å²) in [7, 11) is 1.95. The van der Waals surface area contributed by atoms with Crippen LogP contribution in [0.4, 0.5) is 0 Å². The summed E-state index contributed by atoms with van der Waals surface area (Å²) in [6.45, 7) is 12.4. The summed E-state index contributed by atoms with van der Waals surface area (Å²) in [5.41, 5.74) is -1.22. The Morgan fingerprint density at radius 3 is 2.45 bits per heavy atom. The van der Waals surface area contributed by atoms with Crippen LogP contribution in [0.2, 0.25) is 0 Å². The second-order valence-corrected chi connectivity index (χ2v) is 6.86. The number of nitrogens with one attached hydrogen (secondary N) is 2.